The zero-order chi connectivity index (χ0) is 13.5. The van der Waals surface area contributed by atoms with Crippen LogP contribution in [-0.4, -0.2) is 17.0 Å². The summed E-state index contributed by atoms with van der Waals surface area (Å²) in [5, 5.41) is 0. The number of ether oxygens (including phenoxy) is 1. The van der Waals surface area contributed by atoms with E-state index in [-0.39, 0.29) is 0 Å². The molecule has 0 radical (unpaired) electrons. The lowest BCUT2D eigenvalue weighted by Crippen LogP contribution is -2.34. The number of rotatable bonds is 6. The topological polar surface area (TPSA) is 65.2 Å². The summed E-state index contributed by atoms with van der Waals surface area (Å²) in [6.07, 6.45) is 4.12. The molecule has 98 valence electrons. The Bertz CT molecular complexity index is 514. The van der Waals surface area contributed by atoms with Gasteiger partial charge in [-0.2, -0.15) is 0 Å². The number of nitrogens with two attached hydrogens (primary N) is 1. The molecular weight excluding hydrogens is 240 g/mol. The van der Waals surface area contributed by atoms with Crippen molar-refractivity contribution in [3.63, 3.8) is 0 Å². The van der Waals surface area contributed by atoms with Crippen LogP contribution >= 0.6 is 0 Å². The van der Waals surface area contributed by atoms with E-state index in [1.54, 1.807) is 12.4 Å². The van der Waals surface area contributed by atoms with Gasteiger partial charge in [0.25, 0.3) is 5.91 Å². The van der Waals surface area contributed by atoms with Crippen LogP contribution in [0, 0.1) is 0 Å². The SMILES string of the molecule is NC(=O)C(CCc1ccncc1)Oc1ccccc1. The van der Waals surface area contributed by atoms with E-state index in [1.165, 1.54) is 0 Å². The minimum absolute atomic E-state index is 0.446. The largest absolute Gasteiger partial charge is 0.481 e. The number of primary amides is 1. The highest BCUT2D eigenvalue weighted by Gasteiger charge is 2.17. The Balaban J connectivity index is 1.95. The van der Waals surface area contributed by atoms with Crippen molar-refractivity contribution in [2.45, 2.75) is 18.9 Å². The molecule has 1 unspecified atom stereocenters. The number of carbonyl (C=O) groups excluding carboxylic acids is 1. The third kappa shape index (κ3) is 4.10. The molecular formula is C15H16N2O2. The van der Waals surface area contributed by atoms with Gasteiger partial charge in [-0.15, -0.1) is 0 Å². The van der Waals surface area contributed by atoms with E-state index in [0.29, 0.717) is 12.2 Å². The van der Waals surface area contributed by atoms with Crippen LogP contribution in [0.3, 0.4) is 0 Å². The zero-order valence-electron chi connectivity index (χ0n) is 10.5. The fraction of sp³-hybridized carbons (Fsp3) is 0.200. The van der Waals surface area contributed by atoms with Crippen molar-refractivity contribution >= 4 is 5.91 Å². The highest BCUT2D eigenvalue weighted by atomic mass is 16.5. The molecule has 4 nitrogen and oxygen atoms in total. The summed E-state index contributed by atoms with van der Waals surface area (Å²) >= 11 is 0. The van der Waals surface area contributed by atoms with E-state index in [4.69, 9.17) is 10.5 Å². The predicted octanol–water partition coefficient (Wildman–Crippen LogP) is 1.95. The maximum atomic E-state index is 11.4. The van der Waals surface area contributed by atoms with Gasteiger partial charge in [-0.05, 0) is 42.7 Å². The summed E-state index contributed by atoms with van der Waals surface area (Å²) in [4.78, 5) is 15.4. The molecule has 1 aromatic heterocycles. The van der Waals surface area contributed by atoms with Gasteiger partial charge in [-0.1, -0.05) is 18.2 Å². The maximum absolute atomic E-state index is 11.4. The van der Waals surface area contributed by atoms with Crippen molar-refractivity contribution in [2.24, 2.45) is 5.73 Å². The van der Waals surface area contributed by atoms with Crippen LogP contribution < -0.4 is 10.5 Å². The first-order valence-corrected chi connectivity index (χ1v) is 6.15. The molecule has 0 aliphatic carbocycles. The van der Waals surface area contributed by atoms with Crippen molar-refractivity contribution in [3.05, 3.63) is 60.4 Å². The lowest BCUT2D eigenvalue weighted by Gasteiger charge is -2.15. The van der Waals surface area contributed by atoms with E-state index < -0.39 is 12.0 Å². The minimum atomic E-state index is -0.615. The smallest absolute Gasteiger partial charge is 0.258 e. The molecule has 1 aromatic carbocycles. The Labute approximate surface area is 112 Å². The lowest BCUT2D eigenvalue weighted by atomic mass is 10.1. The molecule has 0 saturated heterocycles. The summed E-state index contributed by atoms with van der Waals surface area (Å²) in [5.41, 5.74) is 6.48. The molecule has 0 aliphatic rings. The van der Waals surface area contributed by atoms with Crippen molar-refractivity contribution < 1.29 is 9.53 Å². The minimum Gasteiger partial charge on any atom is -0.481 e. The van der Waals surface area contributed by atoms with Gasteiger partial charge in [0.2, 0.25) is 0 Å². The molecule has 19 heavy (non-hydrogen) atoms. The summed E-state index contributed by atoms with van der Waals surface area (Å²) in [6, 6.07) is 13.1. The number of para-hydroxylation sites is 1. The van der Waals surface area contributed by atoms with Gasteiger partial charge < -0.3 is 10.5 Å². The molecule has 0 saturated carbocycles. The van der Waals surface area contributed by atoms with E-state index in [2.05, 4.69) is 4.98 Å². The first kappa shape index (κ1) is 13.1. The number of amides is 1. The zero-order valence-corrected chi connectivity index (χ0v) is 10.5. The molecule has 2 rings (SSSR count). The second-order valence-corrected chi connectivity index (χ2v) is 4.22. The molecule has 0 bridgehead atoms. The first-order chi connectivity index (χ1) is 9.25. The van der Waals surface area contributed by atoms with Crippen LogP contribution in [0.25, 0.3) is 0 Å². The van der Waals surface area contributed by atoms with Crippen LogP contribution in [0.15, 0.2) is 54.9 Å². The lowest BCUT2D eigenvalue weighted by molar-refractivity contribution is -0.124. The second-order valence-electron chi connectivity index (χ2n) is 4.22. The van der Waals surface area contributed by atoms with E-state index in [9.17, 15) is 4.79 Å². The van der Waals surface area contributed by atoms with Gasteiger partial charge in [0.05, 0.1) is 0 Å². The molecule has 1 amide bonds. The number of nitrogens with zero attached hydrogens (tertiary/aromatic N) is 1. The van der Waals surface area contributed by atoms with Crippen molar-refractivity contribution in [3.8, 4) is 5.75 Å². The maximum Gasteiger partial charge on any atom is 0.258 e. The molecule has 1 atom stereocenters. The second kappa shape index (κ2) is 6.54. The number of pyridine rings is 1. The van der Waals surface area contributed by atoms with Crippen LogP contribution in [0.4, 0.5) is 0 Å². The van der Waals surface area contributed by atoms with Crippen LogP contribution in [-0.2, 0) is 11.2 Å². The standard InChI is InChI=1S/C15H16N2O2/c16-15(18)14(19-13-4-2-1-3-5-13)7-6-12-8-10-17-11-9-12/h1-5,8-11,14H,6-7H2,(H2,16,18). The van der Waals surface area contributed by atoms with Gasteiger partial charge in [0.1, 0.15) is 5.75 Å². The Morgan fingerprint density at radius 1 is 1.16 bits per heavy atom. The van der Waals surface area contributed by atoms with Crippen molar-refractivity contribution in [1.82, 2.24) is 4.98 Å². The third-order valence-corrected chi connectivity index (χ3v) is 2.78. The van der Waals surface area contributed by atoms with Gasteiger partial charge in [-0.3, -0.25) is 9.78 Å². The number of benzene rings is 1. The van der Waals surface area contributed by atoms with Gasteiger partial charge in [0.15, 0.2) is 6.10 Å². The summed E-state index contributed by atoms with van der Waals surface area (Å²) in [7, 11) is 0. The molecule has 2 aromatic rings. The van der Waals surface area contributed by atoms with Crippen molar-refractivity contribution in [2.75, 3.05) is 0 Å². The molecule has 0 aliphatic heterocycles. The number of hydrogen-bond acceptors (Lipinski definition) is 3. The fourth-order valence-electron chi connectivity index (χ4n) is 1.77. The van der Waals surface area contributed by atoms with E-state index in [1.807, 2.05) is 42.5 Å². The number of carbonyl (C=O) groups is 1. The molecule has 4 heteroatoms. The average Bonchev–Trinajstić information content (AvgIpc) is 2.45. The highest BCUT2D eigenvalue weighted by Crippen LogP contribution is 2.14. The van der Waals surface area contributed by atoms with Crippen LogP contribution in [0.5, 0.6) is 5.75 Å². The Hall–Kier alpha value is -2.36. The summed E-state index contributed by atoms with van der Waals surface area (Å²) in [6.45, 7) is 0. The number of aromatic nitrogens is 1. The Morgan fingerprint density at radius 2 is 1.84 bits per heavy atom. The summed E-state index contributed by atoms with van der Waals surface area (Å²) in [5.74, 6) is 0.207. The Morgan fingerprint density at radius 3 is 2.47 bits per heavy atom. The van der Waals surface area contributed by atoms with Gasteiger partial charge in [0, 0.05) is 12.4 Å². The monoisotopic (exact) mass is 256 g/mol. The van der Waals surface area contributed by atoms with Gasteiger partial charge in [-0.25, -0.2) is 0 Å². The van der Waals surface area contributed by atoms with E-state index in [0.717, 1.165) is 12.0 Å². The van der Waals surface area contributed by atoms with Crippen molar-refractivity contribution in [1.29, 1.82) is 0 Å². The highest BCUT2D eigenvalue weighted by molar-refractivity contribution is 5.79. The molecule has 1 heterocycles. The number of aryl methyl sites for hydroxylation is 1. The average molecular weight is 256 g/mol. The fourth-order valence-corrected chi connectivity index (χ4v) is 1.77. The predicted molar refractivity (Wildman–Crippen MR) is 72.6 cm³/mol. The van der Waals surface area contributed by atoms with Crippen LogP contribution in [0.1, 0.15) is 12.0 Å². The quantitative estimate of drug-likeness (QED) is 0.859. The first-order valence-electron chi connectivity index (χ1n) is 6.15. The normalized spacial score (nSPS) is 11.8. The molecule has 2 N–H and O–H groups in total. The third-order valence-electron chi connectivity index (χ3n) is 2.78. The van der Waals surface area contributed by atoms with E-state index >= 15 is 0 Å². The Kier molecular flexibility index (Phi) is 4.50. The summed E-state index contributed by atoms with van der Waals surface area (Å²) < 4.78 is 5.61. The molecule has 0 spiro atoms. The number of hydrogen-bond donors (Lipinski definition) is 1. The van der Waals surface area contributed by atoms with Gasteiger partial charge >= 0.3 is 0 Å². The molecule has 0 fully saturated rings. The van der Waals surface area contributed by atoms with Crippen LogP contribution in [0.2, 0.25) is 0 Å².